The third-order valence-corrected chi connectivity index (χ3v) is 5.75. The molecule has 0 N–H and O–H groups in total. The fourth-order valence-corrected chi connectivity index (χ4v) is 3.90. The Bertz CT molecular complexity index is 1080. The zero-order valence-corrected chi connectivity index (χ0v) is 19.2. The first kappa shape index (κ1) is 22.7. The molecule has 6 heteroatoms. The van der Waals surface area contributed by atoms with E-state index in [1.165, 1.54) is 0 Å². The zero-order valence-electron chi connectivity index (χ0n) is 19.2. The number of amides is 1. The van der Waals surface area contributed by atoms with E-state index < -0.39 is 0 Å². The van der Waals surface area contributed by atoms with E-state index in [0.717, 1.165) is 53.6 Å². The molecule has 1 saturated heterocycles. The molecule has 1 aliphatic rings. The minimum absolute atomic E-state index is 0.0287. The second kappa shape index (κ2) is 10.9. The van der Waals surface area contributed by atoms with E-state index >= 15 is 0 Å². The molecule has 1 aliphatic heterocycles. The fraction of sp³-hybridized carbons (Fsp3) is 0.296. The van der Waals surface area contributed by atoms with Gasteiger partial charge in [0.2, 0.25) is 5.91 Å². The number of rotatable bonds is 8. The van der Waals surface area contributed by atoms with E-state index in [1.807, 2.05) is 72.5 Å². The predicted molar refractivity (Wildman–Crippen MR) is 128 cm³/mol. The van der Waals surface area contributed by atoms with Crippen LogP contribution in [0.2, 0.25) is 0 Å². The van der Waals surface area contributed by atoms with Crippen molar-refractivity contribution in [2.24, 2.45) is 0 Å². The van der Waals surface area contributed by atoms with Gasteiger partial charge >= 0.3 is 0 Å². The second-order valence-electron chi connectivity index (χ2n) is 8.19. The average molecular weight is 447 g/mol. The highest BCUT2D eigenvalue weighted by Gasteiger charge is 2.20. The van der Waals surface area contributed by atoms with Gasteiger partial charge in [0.05, 0.1) is 19.9 Å². The molecule has 6 nitrogen and oxygen atoms in total. The summed E-state index contributed by atoms with van der Waals surface area (Å²) in [6.07, 6.45) is 5.20. The van der Waals surface area contributed by atoms with Crippen molar-refractivity contribution in [1.82, 2.24) is 9.80 Å². The van der Waals surface area contributed by atoms with E-state index in [2.05, 4.69) is 4.90 Å². The summed E-state index contributed by atoms with van der Waals surface area (Å²) in [6, 6.07) is 17.7. The van der Waals surface area contributed by atoms with Gasteiger partial charge in [-0.05, 0) is 60.5 Å². The van der Waals surface area contributed by atoms with Gasteiger partial charge in [-0.1, -0.05) is 18.2 Å². The lowest BCUT2D eigenvalue weighted by atomic mass is 10.1. The maximum absolute atomic E-state index is 12.7. The lowest BCUT2D eigenvalue weighted by Gasteiger charge is -2.33. The number of hydrogen-bond donors (Lipinski definition) is 0. The third-order valence-electron chi connectivity index (χ3n) is 5.75. The fourth-order valence-electron chi connectivity index (χ4n) is 3.90. The molecule has 0 radical (unpaired) electrons. The predicted octanol–water partition coefficient (Wildman–Crippen LogP) is 4.53. The second-order valence-corrected chi connectivity index (χ2v) is 8.19. The molecule has 1 fully saturated rings. The monoisotopic (exact) mass is 446 g/mol. The number of ether oxygens (including phenoxy) is 2. The Morgan fingerprint density at radius 2 is 1.91 bits per heavy atom. The number of carbonyl (C=O) groups excluding carboxylic acids is 1. The van der Waals surface area contributed by atoms with Crippen LogP contribution in [0.4, 0.5) is 0 Å². The van der Waals surface area contributed by atoms with Crippen LogP contribution in [0.25, 0.3) is 6.08 Å². The maximum Gasteiger partial charge on any atom is 0.246 e. The molecule has 4 rings (SSSR count). The summed E-state index contributed by atoms with van der Waals surface area (Å²) in [7, 11) is 1.65. The summed E-state index contributed by atoms with van der Waals surface area (Å²) in [5.74, 6) is 2.57. The van der Waals surface area contributed by atoms with Crippen LogP contribution in [0.15, 0.2) is 71.4 Å². The number of aryl methyl sites for hydroxylation is 1. The van der Waals surface area contributed by atoms with E-state index in [1.54, 1.807) is 19.4 Å². The average Bonchev–Trinajstić information content (AvgIpc) is 3.35. The molecule has 2 heterocycles. The Morgan fingerprint density at radius 1 is 1.06 bits per heavy atom. The number of piperazine rings is 1. The van der Waals surface area contributed by atoms with Crippen LogP contribution in [-0.2, 0) is 17.9 Å². The summed E-state index contributed by atoms with van der Waals surface area (Å²) >= 11 is 0. The van der Waals surface area contributed by atoms with Crippen LogP contribution < -0.4 is 9.47 Å². The van der Waals surface area contributed by atoms with Gasteiger partial charge in [0, 0.05) is 37.8 Å². The van der Waals surface area contributed by atoms with E-state index in [9.17, 15) is 4.79 Å². The highest BCUT2D eigenvalue weighted by molar-refractivity contribution is 5.91. The quantitative estimate of drug-likeness (QED) is 0.476. The Balaban J connectivity index is 1.33. The molecule has 0 bridgehead atoms. The molecule has 1 amide bonds. The molecule has 33 heavy (non-hydrogen) atoms. The van der Waals surface area contributed by atoms with E-state index in [0.29, 0.717) is 19.7 Å². The summed E-state index contributed by atoms with van der Waals surface area (Å²) in [4.78, 5) is 16.9. The van der Waals surface area contributed by atoms with Gasteiger partial charge in [-0.3, -0.25) is 9.69 Å². The minimum atomic E-state index is 0.0287. The van der Waals surface area contributed by atoms with Crippen LogP contribution in [0.3, 0.4) is 0 Å². The number of furan rings is 1. The Labute approximate surface area is 195 Å². The smallest absolute Gasteiger partial charge is 0.246 e. The van der Waals surface area contributed by atoms with Gasteiger partial charge in [-0.15, -0.1) is 0 Å². The topological polar surface area (TPSA) is 55.2 Å². The third kappa shape index (κ3) is 6.26. The van der Waals surface area contributed by atoms with Crippen molar-refractivity contribution in [3.8, 4) is 11.5 Å². The first-order chi connectivity index (χ1) is 16.1. The van der Waals surface area contributed by atoms with Crippen molar-refractivity contribution in [3.05, 3.63) is 89.4 Å². The first-order valence-corrected chi connectivity index (χ1v) is 11.2. The van der Waals surface area contributed by atoms with E-state index in [4.69, 9.17) is 13.9 Å². The lowest BCUT2D eigenvalue weighted by Crippen LogP contribution is -2.47. The Kier molecular flexibility index (Phi) is 7.47. The Hall–Kier alpha value is -3.51. The van der Waals surface area contributed by atoms with Gasteiger partial charge in [-0.25, -0.2) is 0 Å². The Morgan fingerprint density at radius 3 is 2.64 bits per heavy atom. The van der Waals surface area contributed by atoms with Crippen LogP contribution in [-0.4, -0.2) is 49.0 Å². The molecule has 0 atom stereocenters. The molecule has 2 aromatic carbocycles. The molecule has 172 valence electrons. The van der Waals surface area contributed by atoms with Crippen LogP contribution in [0, 0.1) is 6.92 Å². The van der Waals surface area contributed by atoms with Crippen molar-refractivity contribution in [2.45, 2.75) is 20.1 Å². The summed E-state index contributed by atoms with van der Waals surface area (Å²) in [6.45, 7) is 6.30. The lowest BCUT2D eigenvalue weighted by molar-refractivity contribution is -0.127. The van der Waals surface area contributed by atoms with Crippen molar-refractivity contribution in [2.75, 3.05) is 33.3 Å². The van der Waals surface area contributed by atoms with Gasteiger partial charge in [-0.2, -0.15) is 0 Å². The van der Waals surface area contributed by atoms with Gasteiger partial charge in [0.15, 0.2) is 0 Å². The van der Waals surface area contributed by atoms with Crippen LogP contribution >= 0.6 is 0 Å². The van der Waals surface area contributed by atoms with Gasteiger partial charge in [0.25, 0.3) is 0 Å². The van der Waals surface area contributed by atoms with Gasteiger partial charge < -0.3 is 18.8 Å². The van der Waals surface area contributed by atoms with E-state index in [-0.39, 0.29) is 5.91 Å². The number of carbonyl (C=O) groups is 1. The van der Waals surface area contributed by atoms with Crippen molar-refractivity contribution < 1.29 is 18.7 Å². The highest BCUT2D eigenvalue weighted by atomic mass is 16.5. The normalized spacial score (nSPS) is 14.5. The standard InChI is InChI=1S/C27H30N2O4/c1-21-5-3-6-24(17-21)33-20-23-18-22(8-10-26(23)31-2)9-11-27(30)29-14-12-28(13-15-29)19-25-7-4-16-32-25/h3-11,16-18H,12-15,19-20H2,1-2H3/b11-9+. The zero-order chi connectivity index (χ0) is 23.0. The molecular formula is C27H30N2O4. The van der Waals surface area contributed by atoms with Crippen LogP contribution in [0.1, 0.15) is 22.5 Å². The number of benzene rings is 2. The first-order valence-electron chi connectivity index (χ1n) is 11.2. The summed E-state index contributed by atoms with van der Waals surface area (Å²) in [5, 5.41) is 0. The SMILES string of the molecule is COc1ccc(/C=C/C(=O)N2CCN(Cc3ccco3)CC2)cc1COc1cccc(C)c1. The van der Waals surface area contributed by atoms with Crippen molar-refractivity contribution >= 4 is 12.0 Å². The maximum atomic E-state index is 12.7. The molecule has 0 spiro atoms. The number of methoxy groups -OCH3 is 1. The highest BCUT2D eigenvalue weighted by Crippen LogP contribution is 2.23. The molecule has 3 aromatic rings. The molecule has 0 saturated carbocycles. The molecule has 0 aliphatic carbocycles. The summed E-state index contributed by atoms with van der Waals surface area (Å²) < 4.78 is 16.9. The van der Waals surface area contributed by atoms with Crippen molar-refractivity contribution in [3.63, 3.8) is 0 Å². The number of hydrogen-bond acceptors (Lipinski definition) is 5. The van der Waals surface area contributed by atoms with Gasteiger partial charge in [0.1, 0.15) is 23.9 Å². The molecule has 0 unspecified atom stereocenters. The molecular weight excluding hydrogens is 416 g/mol. The van der Waals surface area contributed by atoms with Crippen LogP contribution in [0.5, 0.6) is 11.5 Å². The molecule has 1 aromatic heterocycles. The summed E-state index contributed by atoms with van der Waals surface area (Å²) in [5.41, 5.74) is 3.01. The number of nitrogens with zero attached hydrogens (tertiary/aromatic N) is 2. The van der Waals surface area contributed by atoms with Crippen molar-refractivity contribution in [1.29, 1.82) is 0 Å². The minimum Gasteiger partial charge on any atom is -0.496 e. The largest absolute Gasteiger partial charge is 0.496 e.